The van der Waals surface area contributed by atoms with Crippen molar-refractivity contribution in [3.05, 3.63) is 65.2 Å². The normalized spacial score (nSPS) is 15.4. The molecule has 1 aliphatic rings. The Hall–Kier alpha value is -2.47. The molecule has 0 atom stereocenters. The van der Waals surface area contributed by atoms with E-state index in [9.17, 15) is 13.6 Å². The van der Waals surface area contributed by atoms with E-state index in [2.05, 4.69) is 46.1 Å². The maximum atomic E-state index is 12.5. The van der Waals surface area contributed by atoms with Crippen LogP contribution in [0, 0.1) is 12.8 Å². The number of ether oxygens (including phenoxy) is 1. The highest BCUT2D eigenvalue weighted by Gasteiger charge is 2.20. The number of carbonyl (C=O) groups is 1. The van der Waals surface area contributed by atoms with Gasteiger partial charge in [0.25, 0.3) is 0 Å². The molecular formula is C23H28F2N2O2. The number of alkyl halides is 2. The van der Waals surface area contributed by atoms with Crippen molar-refractivity contribution >= 4 is 5.91 Å². The number of likely N-dealkylation sites (tertiary alicyclic amines) is 1. The standard InChI is InChI=1S/C23H28F2N2O2/c1-17-6-8-19(9-7-17)16-27-12-10-18(11-13-27)15-26-22(28)14-20-4-2-3-5-21(20)29-23(24)25/h2-9,18,23H,10-16H2,1H3,(H,26,28). The van der Waals surface area contributed by atoms with Crippen molar-refractivity contribution in [1.82, 2.24) is 10.2 Å². The average molecular weight is 402 g/mol. The van der Waals surface area contributed by atoms with E-state index in [0.29, 0.717) is 18.0 Å². The number of rotatable bonds is 8. The predicted molar refractivity (Wildman–Crippen MR) is 109 cm³/mol. The van der Waals surface area contributed by atoms with E-state index in [4.69, 9.17) is 0 Å². The molecule has 1 amide bonds. The van der Waals surface area contributed by atoms with Crippen molar-refractivity contribution in [3.8, 4) is 5.75 Å². The zero-order valence-electron chi connectivity index (χ0n) is 16.7. The summed E-state index contributed by atoms with van der Waals surface area (Å²) in [5, 5.41) is 2.95. The number of nitrogens with one attached hydrogen (secondary N) is 1. The van der Waals surface area contributed by atoms with E-state index in [1.807, 2.05) is 0 Å². The number of nitrogens with zero attached hydrogens (tertiary/aromatic N) is 1. The third kappa shape index (κ3) is 6.82. The van der Waals surface area contributed by atoms with Crippen LogP contribution in [-0.4, -0.2) is 37.1 Å². The van der Waals surface area contributed by atoms with Crippen LogP contribution in [0.2, 0.25) is 0 Å². The highest BCUT2D eigenvalue weighted by molar-refractivity contribution is 5.79. The highest BCUT2D eigenvalue weighted by atomic mass is 19.3. The molecule has 2 aromatic rings. The van der Waals surface area contributed by atoms with Crippen LogP contribution in [0.15, 0.2) is 48.5 Å². The summed E-state index contributed by atoms with van der Waals surface area (Å²) in [6.07, 6.45) is 2.11. The molecule has 3 rings (SSSR count). The molecule has 1 N–H and O–H groups in total. The van der Waals surface area contributed by atoms with Gasteiger partial charge in [-0.05, 0) is 50.4 Å². The van der Waals surface area contributed by atoms with Gasteiger partial charge in [-0.1, -0.05) is 48.0 Å². The van der Waals surface area contributed by atoms with Crippen molar-refractivity contribution < 1.29 is 18.3 Å². The van der Waals surface area contributed by atoms with Crippen LogP contribution in [0.25, 0.3) is 0 Å². The Morgan fingerprint density at radius 3 is 2.52 bits per heavy atom. The second kappa shape index (κ2) is 10.3. The van der Waals surface area contributed by atoms with E-state index in [0.717, 1.165) is 32.5 Å². The van der Waals surface area contributed by atoms with Crippen LogP contribution in [-0.2, 0) is 17.8 Å². The summed E-state index contributed by atoms with van der Waals surface area (Å²) in [4.78, 5) is 14.7. The SMILES string of the molecule is Cc1ccc(CN2CCC(CNC(=O)Cc3ccccc3OC(F)F)CC2)cc1. The Morgan fingerprint density at radius 1 is 1.14 bits per heavy atom. The Kier molecular flexibility index (Phi) is 7.58. The van der Waals surface area contributed by atoms with Gasteiger partial charge in [-0.2, -0.15) is 8.78 Å². The van der Waals surface area contributed by atoms with Crippen molar-refractivity contribution in [3.63, 3.8) is 0 Å². The summed E-state index contributed by atoms with van der Waals surface area (Å²) in [7, 11) is 0. The fraction of sp³-hybridized carbons (Fsp3) is 0.435. The van der Waals surface area contributed by atoms with Crippen LogP contribution < -0.4 is 10.1 Å². The minimum atomic E-state index is -2.90. The van der Waals surface area contributed by atoms with Crippen molar-refractivity contribution in [2.24, 2.45) is 5.92 Å². The third-order valence-corrected chi connectivity index (χ3v) is 5.36. The summed E-state index contributed by atoms with van der Waals surface area (Å²) >= 11 is 0. The molecule has 0 bridgehead atoms. The first kappa shape index (κ1) is 21.2. The first-order valence-corrected chi connectivity index (χ1v) is 10.1. The molecule has 29 heavy (non-hydrogen) atoms. The Morgan fingerprint density at radius 2 is 1.83 bits per heavy atom. The zero-order valence-corrected chi connectivity index (χ0v) is 16.7. The number of carbonyl (C=O) groups excluding carboxylic acids is 1. The number of halogens is 2. The average Bonchev–Trinajstić information content (AvgIpc) is 2.70. The second-order valence-electron chi connectivity index (χ2n) is 7.67. The number of amides is 1. The number of benzene rings is 2. The van der Waals surface area contributed by atoms with Crippen LogP contribution in [0.3, 0.4) is 0 Å². The maximum Gasteiger partial charge on any atom is 0.387 e. The molecule has 1 heterocycles. The Bertz CT molecular complexity index is 788. The van der Waals surface area contributed by atoms with Gasteiger partial charge in [0, 0.05) is 18.7 Å². The van der Waals surface area contributed by atoms with Gasteiger partial charge >= 0.3 is 6.61 Å². The fourth-order valence-electron chi connectivity index (χ4n) is 3.65. The summed E-state index contributed by atoms with van der Waals surface area (Å²) in [6, 6.07) is 15.1. The molecule has 0 aliphatic carbocycles. The summed E-state index contributed by atoms with van der Waals surface area (Å²) < 4.78 is 29.5. The highest BCUT2D eigenvalue weighted by Crippen LogP contribution is 2.21. The van der Waals surface area contributed by atoms with Gasteiger partial charge in [-0.25, -0.2) is 0 Å². The third-order valence-electron chi connectivity index (χ3n) is 5.36. The van der Waals surface area contributed by atoms with E-state index in [1.54, 1.807) is 18.2 Å². The van der Waals surface area contributed by atoms with Crippen molar-refractivity contribution in [2.75, 3.05) is 19.6 Å². The monoisotopic (exact) mass is 402 g/mol. The van der Waals surface area contributed by atoms with Gasteiger partial charge in [-0.15, -0.1) is 0 Å². The fourth-order valence-corrected chi connectivity index (χ4v) is 3.65. The first-order chi connectivity index (χ1) is 14.0. The smallest absolute Gasteiger partial charge is 0.387 e. The quantitative estimate of drug-likeness (QED) is 0.721. The number of hydrogen-bond acceptors (Lipinski definition) is 3. The lowest BCUT2D eigenvalue weighted by molar-refractivity contribution is -0.120. The number of para-hydroxylation sites is 1. The summed E-state index contributed by atoms with van der Waals surface area (Å²) in [5.41, 5.74) is 3.07. The molecule has 0 unspecified atom stereocenters. The molecule has 2 aromatic carbocycles. The predicted octanol–water partition coefficient (Wildman–Crippen LogP) is 4.17. The van der Waals surface area contributed by atoms with Gasteiger partial charge < -0.3 is 10.1 Å². The van der Waals surface area contributed by atoms with Crippen molar-refractivity contribution in [2.45, 2.75) is 39.3 Å². The van der Waals surface area contributed by atoms with Gasteiger partial charge in [0.15, 0.2) is 0 Å². The van der Waals surface area contributed by atoms with Gasteiger partial charge in [-0.3, -0.25) is 9.69 Å². The lowest BCUT2D eigenvalue weighted by Crippen LogP contribution is -2.38. The van der Waals surface area contributed by atoms with E-state index < -0.39 is 6.61 Å². The molecule has 6 heteroatoms. The molecule has 1 fully saturated rings. The minimum absolute atomic E-state index is 0.0369. The molecule has 1 saturated heterocycles. The number of aryl methyl sites for hydroxylation is 1. The topological polar surface area (TPSA) is 41.6 Å². The number of hydrogen-bond donors (Lipinski definition) is 1. The van der Waals surface area contributed by atoms with Gasteiger partial charge in [0.05, 0.1) is 6.42 Å². The van der Waals surface area contributed by atoms with Crippen molar-refractivity contribution in [1.29, 1.82) is 0 Å². The molecule has 0 spiro atoms. The van der Waals surface area contributed by atoms with Crippen LogP contribution in [0.4, 0.5) is 8.78 Å². The van der Waals surface area contributed by atoms with Crippen LogP contribution >= 0.6 is 0 Å². The molecule has 1 aliphatic heterocycles. The van der Waals surface area contributed by atoms with Crippen LogP contribution in [0.5, 0.6) is 5.75 Å². The lowest BCUT2D eigenvalue weighted by atomic mass is 9.96. The molecule has 156 valence electrons. The van der Waals surface area contributed by atoms with Gasteiger partial charge in [0.2, 0.25) is 5.91 Å². The van der Waals surface area contributed by atoms with E-state index in [-0.39, 0.29) is 18.1 Å². The lowest BCUT2D eigenvalue weighted by Gasteiger charge is -2.32. The first-order valence-electron chi connectivity index (χ1n) is 10.1. The molecule has 0 radical (unpaired) electrons. The van der Waals surface area contributed by atoms with E-state index in [1.165, 1.54) is 17.2 Å². The second-order valence-corrected chi connectivity index (χ2v) is 7.67. The molecule has 4 nitrogen and oxygen atoms in total. The molecule has 0 saturated carbocycles. The van der Waals surface area contributed by atoms with Crippen LogP contribution in [0.1, 0.15) is 29.5 Å². The van der Waals surface area contributed by atoms with E-state index >= 15 is 0 Å². The number of piperidine rings is 1. The molecular weight excluding hydrogens is 374 g/mol. The Labute approximate surface area is 170 Å². The largest absolute Gasteiger partial charge is 0.435 e. The summed E-state index contributed by atoms with van der Waals surface area (Å²) in [6.45, 7) is 2.80. The maximum absolute atomic E-state index is 12.5. The molecule has 0 aromatic heterocycles. The van der Waals surface area contributed by atoms with Gasteiger partial charge in [0.1, 0.15) is 5.75 Å². The summed E-state index contributed by atoms with van der Waals surface area (Å²) in [5.74, 6) is 0.334. The minimum Gasteiger partial charge on any atom is -0.435 e. The Balaban J connectivity index is 1.40. The zero-order chi connectivity index (χ0) is 20.6.